The number of ether oxygens (including phenoxy) is 1. The molecule has 0 amide bonds. The van der Waals surface area contributed by atoms with E-state index in [0.717, 1.165) is 38.8 Å². The SMILES string of the molecule is CC1CN(CCOCC2CC2)C(C)CN1. The van der Waals surface area contributed by atoms with Gasteiger partial charge in [-0.1, -0.05) is 0 Å². The van der Waals surface area contributed by atoms with Crippen LogP contribution in [-0.2, 0) is 4.74 Å². The quantitative estimate of drug-likeness (QED) is 0.691. The van der Waals surface area contributed by atoms with Gasteiger partial charge in [-0.05, 0) is 32.6 Å². The summed E-state index contributed by atoms with van der Waals surface area (Å²) in [4.78, 5) is 2.54. The molecule has 0 aromatic heterocycles. The van der Waals surface area contributed by atoms with Gasteiger partial charge in [0, 0.05) is 38.3 Å². The second-order valence-electron chi connectivity index (χ2n) is 5.17. The highest BCUT2D eigenvalue weighted by molar-refractivity contribution is 4.81. The smallest absolute Gasteiger partial charge is 0.0593 e. The lowest BCUT2D eigenvalue weighted by Gasteiger charge is -2.37. The topological polar surface area (TPSA) is 24.5 Å². The lowest BCUT2D eigenvalue weighted by atomic mass is 10.1. The van der Waals surface area contributed by atoms with Crippen LogP contribution in [0, 0.1) is 5.92 Å². The minimum absolute atomic E-state index is 0.629. The van der Waals surface area contributed by atoms with Crippen molar-refractivity contribution in [2.24, 2.45) is 5.92 Å². The summed E-state index contributed by atoms with van der Waals surface area (Å²) in [5.41, 5.74) is 0. The van der Waals surface area contributed by atoms with Crippen LogP contribution in [0.25, 0.3) is 0 Å². The molecule has 0 bridgehead atoms. The molecule has 1 saturated heterocycles. The van der Waals surface area contributed by atoms with E-state index in [-0.39, 0.29) is 0 Å². The van der Waals surface area contributed by atoms with Gasteiger partial charge in [0.05, 0.1) is 6.61 Å². The van der Waals surface area contributed by atoms with Gasteiger partial charge in [0.1, 0.15) is 0 Å². The van der Waals surface area contributed by atoms with Crippen molar-refractivity contribution in [1.29, 1.82) is 0 Å². The summed E-state index contributed by atoms with van der Waals surface area (Å²) in [5, 5.41) is 3.50. The first kappa shape index (κ1) is 11.4. The molecule has 1 heterocycles. The molecule has 2 fully saturated rings. The molecule has 2 atom stereocenters. The highest BCUT2D eigenvalue weighted by atomic mass is 16.5. The first-order valence-corrected chi connectivity index (χ1v) is 6.31. The van der Waals surface area contributed by atoms with Crippen molar-refractivity contribution < 1.29 is 4.74 Å². The third kappa shape index (κ3) is 3.74. The van der Waals surface area contributed by atoms with Gasteiger partial charge in [0.25, 0.3) is 0 Å². The number of piperazine rings is 1. The van der Waals surface area contributed by atoms with E-state index in [1.807, 2.05) is 0 Å². The van der Waals surface area contributed by atoms with E-state index in [9.17, 15) is 0 Å². The Morgan fingerprint density at radius 2 is 2.13 bits per heavy atom. The summed E-state index contributed by atoms with van der Waals surface area (Å²) < 4.78 is 5.68. The number of nitrogens with zero attached hydrogens (tertiary/aromatic N) is 1. The van der Waals surface area contributed by atoms with E-state index in [1.165, 1.54) is 12.8 Å². The molecule has 1 aliphatic carbocycles. The fraction of sp³-hybridized carbons (Fsp3) is 1.00. The summed E-state index contributed by atoms with van der Waals surface area (Å²) in [6, 6.07) is 1.29. The van der Waals surface area contributed by atoms with E-state index in [4.69, 9.17) is 4.74 Å². The molecule has 1 aliphatic heterocycles. The lowest BCUT2D eigenvalue weighted by Crippen LogP contribution is -2.54. The Labute approximate surface area is 93.2 Å². The van der Waals surface area contributed by atoms with Crippen LogP contribution in [0.5, 0.6) is 0 Å². The van der Waals surface area contributed by atoms with Crippen molar-refractivity contribution in [1.82, 2.24) is 10.2 Å². The van der Waals surface area contributed by atoms with Crippen LogP contribution in [0.3, 0.4) is 0 Å². The molecule has 0 aromatic rings. The van der Waals surface area contributed by atoms with Gasteiger partial charge >= 0.3 is 0 Å². The summed E-state index contributed by atoms with van der Waals surface area (Å²) in [7, 11) is 0. The Balaban J connectivity index is 1.58. The predicted octanol–water partition coefficient (Wildman–Crippen LogP) is 1.10. The maximum atomic E-state index is 5.68. The van der Waals surface area contributed by atoms with Crippen molar-refractivity contribution in [2.45, 2.75) is 38.8 Å². The van der Waals surface area contributed by atoms with Crippen LogP contribution in [0.4, 0.5) is 0 Å². The van der Waals surface area contributed by atoms with Gasteiger partial charge in [-0.15, -0.1) is 0 Å². The van der Waals surface area contributed by atoms with Crippen LogP contribution in [0.1, 0.15) is 26.7 Å². The lowest BCUT2D eigenvalue weighted by molar-refractivity contribution is 0.0677. The maximum absolute atomic E-state index is 5.68. The highest BCUT2D eigenvalue weighted by Crippen LogP contribution is 2.28. The van der Waals surface area contributed by atoms with Gasteiger partial charge in [0.2, 0.25) is 0 Å². The van der Waals surface area contributed by atoms with Crippen molar-refractivity contribution in [3.05, 3.63) is 0 Å². The zero-order chi connectivity index (χ0) is 10.7. The molecule has 0 aromatic carbocycles. The highest BCUT2D eigenvalue weighted by Gasteiger charge is 2.23. The van der Waals surface area contributed by atoms with E-state index in [0.29, 0.717) is 12.1 Å². The second-order valence-corrected chi connectivity index (χ2v) is 5.17. The van der Waals surface area contributed by atoms with E-state index in [1.54, 1.807) is 0 Å². The molecule has 0 radical (unpaired) electrons. The van der Waals surface area contributed by atoms with Gasteiger partial charge in [0.15, 0.2) is 0 Å². The van der Waals surface area contributed by atoms with Crippen LogP contribution >= 0.6 is 0 Å². The molecule has 1 N–H and O–H groups in total. The standard InChI is InChI=1S/C12H24N2O/c1-10-8-14(11(2)7-13-10)5-6-15-9-12-3-4-12/h10-13H,3-9H2,1-2H3. The number of rotatable bonds is 5. The van der Waals surface area contributed by atoms with Gasteiger partial charge < -0.3 is 10.1 Å². The van der Waals surface area contributed by atoms with Gasteiger partial charge in [-0.25, -0.2) is 0 Å². The average Bonchev–Trinajstić information content (AvgIpc) is 3.01. The molecule has 0 spiro atoms. The molecule has 2 rings (SSSR count). The molecular formula is C12H24N2O. The zero-order valence-corrected chi connectivity index (χ0v) is 10.0. The second kappa shape index (κ2) is 5.28. The maximum Gasteiger partial charge on any atom is 0.0593 e. The third-order valence-electron chi connectivity index (χ3n) is 3.47. The third-order valence-corrected chi connectivity index (χ3v) is 3.47. The summed E-state index contributed by atoms with van der Waals surface area (Å²) in [6.45, 7) is 9.82. The number of hydrogen-bond acceptors (Lipinski definition) is 3. The average molecular weight is 212 g/mol. The monoisotopic (exact) mass is 212 g/mol. The Kier molecular flexibility index (Phi) is 4.00. The van der Waals surface area contributed by atoms with Crippen LogP contribution in [-0.4, -0.2) is 49.8 Å². The van der Waals surface area contributed by atoms with Crippen LogP contribution in [0.2, 0.25) is 0 Å². The molecule has 1 saturated carbocycles. The van der Waals surface area contributed by atoms with E-state index >= 15 is 0 Å². The normalized spacial score (nSPS) is 33.2. The first-order chi connectivity index (χ1) is 7.25. The van der Waals surface area contributed by atoms with Crippen LogP contribution in [0.15, 0.2) is 0 Å². The molecule has 2 aliphatic rings. The largest absolute Gasteiger partial charge is 0.380 e. The molecule has 3 nitrogen and oxygen atoms in total. The van der Waals surface area contributed by atoms with Crippen molar-refractivity contribution in [3.63, 3.8) is 0 Å². The van der Waals surface area contributed by atoms with Gasteiger partial charge in [-0.3, -0.25) is 4.90 Å². The summed E-state index contributed by atoms with van der Waals surface area (Å²) in [6.07, 6.45) is 2.78. The van der Waals surface area contributed by atoms with Crippen molar-refractivity contribution in [3.8, 4) is 0 Å². The molecule has 15 heavy (non-hydrogen) atoms. The Hall–Kier alpha value is -0.120. The van der Waals surface area contributed by atoms with Gasteiger partial charge in [-0.2, -0.15) is 0 Å². The van der Waals surface area contributed by atoms with E-state index in [2.05, 4.69) is 24.1 Å². The molecule has 2 unspecified atom stereocenters. The fourth-order valence-electron chi connectivity index (χ4n) is 2.13. The Morgan fingerprint density at radius 3 is 2.87 bits per heavy atom. The summed E-state index contributed by atoms with van der Waals surface area (Å²) in [5.74, 6) is 0.893. The van der Waals surface area contributed by atoms with E-state index < -0.39 is 0 Å². The zero-order valence-electron chi connectivity index (χ0n) is 10.0. The molecule has 3 heteroatoms. The minimum Gasteiger partial charge on any atom is -0.380 e. The van der Waals surface area contributed by atoms with Crippen molar-refractivity contribution in [2.75, 3.05) is 32.8 Å². The predicted molar refractivity (Wildman–Crippen MR) is 62.0 cm³/mol. The summed E-state index contributed by atoms with van der Waals surface area (Å²) >= 11 is 0. The number of hydrogen-bond donors (Lipinski definition) is 1. The number of nitrogens with one attached hydrogen (secondary N) is 1. The Morgan fingerprint density at radius 1 is 1.33 bits per heavy atom. The minimum atomic E-state index is 0.629. The first-order valence-electron chi connectivity index (χ1n) is 6.31. The van der Waals surface area contributed by atoms with Crippen LogP contribution < -0.4 is 5.32 Å². The van der Waals surface area contributed by atoms with Crippen molar-refractivity contribution >= 4 is 0 Å². The fourth-order valence-corrected chi connectivity index (χ4v) is 2.13. The Bertz CT molecular complexity index is 194. The molecule has 88 valence electrons. The molecular weight excluding hydrogens is 188 g/mol.